The molecule has 0 saturated carbocycles. The van der Waals surface area contributed by atoms with Crippen LogP contribution in [0.1, 0.15) is 28.7 Å². The molecule has 132 valence electrons. The molecule has 7 nitrogen and oxygen atoms in total. The van der Waals surface area contributed by atoms with Crippen molar-refractivity contribution in [1.29, 1.82) is 0 Å². The topological polar surface area (TPSA) is 89.9 Å². The van der Waals surface area contributed by atoms with Crippen molar-refractivity contribution in [2.45, 2.75) is 20.3 Å². The van der Waals surface area contributed by atoms with Crippen LogP contribution in [0.25, 0.3) is 0 Å². The van der Waals surface area contributed by atoms with Crippen molar-refractivity contribution in [1.82, 2.24) is 19.9 Å². The summed E-state index contributed by atoms with van der Waals surface area (Å²) in [6.45, 7) is 3.51. The lowest BCUT2D eigenvalue weighted by Crippen LogP contribution is -2.15. The minimum Gasteiger partial charge on any atom is -0.454 e. The van der Waals surface area contributed by atoms with E-state index < -0.39 is 11.7 Å². The molecule has 26 heavy (non-hydrogen) atoms. The summed E-state index contributed by atoms with van der Waals surface area (Å²) in [4.78, 5) is 28.4. The molecule has 8 heteroatoms. The standard InChI is InChI=1S/C18H16FN5O2/c1-3-12-5-13(26-14-7-20-10-21-8-14)6-16(23-12)18(25)24-17-4-11(2)15(19)9-22-17/h4-10H,3H2,1-2H3,(H,22,24,25). The SMILES string of the molecule is CCc1cc(Oc2cncnc2)cc(C(=O)Nc2cc(C)c(F)cn2)n1. The molecule has 0 atom stereocenters. The number of carbonyl (C=O) groups excluding carboxylic acids is 1. The third-order valence-corrected chi connectivity index (χ3v) is 3.51. The maximum absolute atomic E-state index is 13.3. The van der Waals surface area contributed by atoms with Gasteiger partial charge < -0.3 is 10.1 Å². The molecule has 1 N–H and O–H groups in total. The molecule has 0 saturated heterocycles. The number of pyridine rings is 2. The van der Waals surface area contributed by atoms with Crippen molar-refractivity contribution in [2.75, 3.05) is 5.32 Å². The van der Waals surface area contributed by atoms with E-state index in [1.54, 1.807) is 13.0 Å². The van der Waals surface area contributed by atoms with E-state index >= 15 is 0 Å². The normalized spacial score (nSPS) is 10.4. The van der Waals surface area contributed by atoms with Crippen LogP contribution in [-0.4, -0.2) is 25.8 Å². The van der Waals surface area contributed by atoms with Gasteiger partial charge in [0, 0.05) is 17.8 Å². The van der Waals surface area contributed by atoms with Crippen LogP contribution in [-0.2, 0) is 6.42 Å². The smallest absolute Gasteiger partial charge is 0.275 e. The number of nitrogens with zero attached hydrogens (tertiary/aromatic N) is 4. The lowest BCUT2D eigenvalue weighted by molar-refractivity contribution is 0.102. The van der Waals surface area contributed by atoms with E-state index in [1.165, 1.54) is 30.9 Å². The molecule has 1 amide bonds. The number of aryl methyl sites for hydroxylation is 2. The van der Waals surface area contributed by atoms with E-state index in [2.05, 4.69) is 25.3 Å². The predicted molar refractivity (Wildman–Crippen MR) is 92.6 cm³/mol. The zero-order chi connectivity index (χ0) is 18.5. The molecular formula is C18H16FN5O2. The Bertz CT molecular complexity index is 934. The second-order valence-electron chi connectivity index (χ2n) is 5.48. The molecule has 0 bridgehead atoms. The molecule has 3 heterocycles. The number of nitrogens with one attached hydrogen (secondary N) is 1. The van der Waals surface area contributed by atoms with Crippen LogP contribution in [0.3, 0.4) is 0 Å². The fourth-order valence-corrected chi connectivity index (χ4v) is 2.18. The predicted octanol–water partition coefficient (Wildman–Crippen LogP) is 3.32. The maximum atomic E-state index is 13.3. The van der Waals surface area contributed by atoms with Gasteiger partial charge in [0.1, 0.15) is 29.4 Å². The summed E-state index contributed by atoms with van der Waals surface area (Å²) < 4.78 is 19.0. The van der Waals surface area contributed by atoms with Gasteiger partial charge in [0.05, 0.1) is 18.6 Å². The van der Waals surface area contributed by atoms with Gasteiger partial charge in [-0.05, 0) is 25.0 Å². The number of ether oxygens (including phenoxy) is 1. The van der Waals surface area contributed by atoms with Gasteiger partial charge in [-0.15, -0.1) is 0 Å². The lowest BCUT2D eigenvalue weighted by atomic mass is 10.2. The Kier molecular flexibility index (Phi) is 5.12. The second-order valence-corrected chi connectivity index (χ2v) is 5.48. The highest BCUT2D eigenvalue weighted by Gasteiger charge is 2.13. The fraction of sp³-hybridized carbons (Fsp3) is 0.167. The Morgan fingerprint density at radius 3 is 2.62 bits per heavy atom. The molecule has 0 aromatic carbocycles. The summed E-state index contributed by atoms with van der Waals surface area (Å²) in [5.41, 5.74) is 1.24. The number of anilines is 1. The van der Waals surface area contributed by atoms with E-state index in [0.29, 0.717) is 29.2 Å². The van der Waals surface area contributed by atoms with Gasteiger partial charge in [0.15, 0.2) is 5.75 Å². The van der Waals surface area contributed by atoms with Crippen molar-refractivity contribution in [3.63, 3.8) is 0 Å². The third-order valence-electron chi connectivity index (χ3n) is 3.51. The Balaban J connectivity index is 1.84. The number of amides is 1. The zero-order valence-corrected chi connectivity index (χ0v) is 14.2. The van der Waals surface area contributed by atoms with E-state index in [1.807, 2.05) is 6.92 Å². The second kappa shape index (κ2) is 7.64. The summed E-state index contributed by atoms with van der Waals surface area (Å²) >= 11 is 0. The average Bonchev–Trinajstić information content (AvgIpc) is 2.65. The van der Waals surface area contributed by atoms with Crippen molar-refractivity contribution >= 4 is 11.7 Å². The Morgan fingerprint density at radius 2 is 1.92 bits per heavy atom. The molecule has 3 rings (SSSR count). The van der Waals surface area contributed by atoms with Crippen LogP contribution < -0.4 is 10.1 Å². The van der Waals surface area contributed by atoms with Gasteiger partial charge in [-0.2, -0.15) is 0 Å². The van der Waals surface area contributed by atoms with Crippen LogP contribution in [0.2, 0.25) is 0 Å². The quantitative estimate of drug-likeness (QED) is 0.757. The first kappa shape index (κ1) is 17.4. The highest BCUT2D eigenvalue weighted by molar-refractivity contribution is 6.02. The van der Waals surface area contributed by atoms with Crippen molar-refractivity contribution < 1.29 is 13.9 Å². The molecule has 0 fully saturated rings. The third kappa shape index (κ3) is 4.15. The van der Waals surface area contributed by atoms with Gasteiger partial charge in [-0.25, -0.2) is 24.3 Å². The number of halogens is 1. The van der Waals surface area contributed by atoms with Gasteiger partial charge in [0.2, 0.25) is 0 Å². The van der Waals surface area contributed by atoms with Crippen LogP contribution in [0, 0.1) is 12.7 Å². The zero-order valence-electron chi connectivity index (χ0n) is 14.2. The Hall–Kier alpha value is -3.42. The number of aromatic nitrogens is 4. The molecule has 0 aliphatic carbocycles. The molecule has 0 aliphatic heterocycles. The van der Waals surface area contributed by atoms with Crippen LogP contribution in [0.5, 0.6) is 11.5 Å². The molecule has 0 unspecified atom stereocenters. The molecule has 3 aromatic rings. The molecule has 0 aliphatic rings. The van der Waals surface area contributed by atoms with Crippen molar-refractivity contribution in [3.8, 4) is 11.5 Å². The summed E-state index contributed by atoms with van der Waals surface area (Å²) in [7, 11) is 0. The van der Waals surface area contributed by atoms with Gasteiger partial charge in [0.25, 0.3) is 5.91 Å². The van der Waals surface area contributed by atoms with Gasteiger partial charge in [-0.1, -0.05) is 6.92 Å². The highest BCUT2D eigenvalue weighted by atomic mass is 19.1. The highest BCUT2D eigenvalue weighted by Crippen LogP contribution is 2.22. The van der Waals surface area contributed by atoms with E-state index in [-0.39, 0.29) is 11.5 Å². The van der Waals surface area contributed by atoms with Crippen molar-refractivity contribution in [2.24, 2.45) is 0 Å². The largest absolute Gasteiger partial charge is 0.454 e. The Labute approximate surface area is 149 Å². The number of hydrogen-bond acceptors (Lipinski definition) is 6. The minimum absolute atomic E-state index is 0.167. The first-order valence-electron chi connectivity index (χ1n) is 7.92. The summed E-state index contributed by atoms with van der Waals surface area (Å²) in [6, 6.07) is 4.71. The first-order valence-corrected chi connectivity index (χ1v) is 7.92. The number of hydrogen-bond donors (Lipinski definition) is 1. The monoisotopic (exact) mass is 353 g/mol. The molecule has 0 radical (unpaired) electrons. The van der Waals surface area contributed by atoms with Crippen LogP contribution in [0.15, 0.2) is 43.1 Å². The maximum Gasteiger partial charge on any atom is 0.275 e. The lowest BCUT2D eigenvalue weighted by Gasteiger charge is -2.10. The summed E-state index contributed by atoms with van der Waals surface area (Å²) in [5.74, 6) is 0.238. The van der Waals surface area contributed by atoms with Crippen LogP contribution >= 0.6 is 0 Å². The van der Waals surface area contributed by atoms with Crippen molar-refractivity contribution in [3.05, 3.63) is 65.9 Å². The minimum atomic E-state index is -0.465. The fourth-order valence-electron chi connectivity index (χ4n) is 2.18. The average molecular weight is 353 g/mol. The van der Waals surface area contributed by atoms with Gasteiger partial charge in [-0.3, -0.25) is 4.79 Å². The molecular weight excluding hydrogens is 337 g/mol. The number of carbonyl (C=O) groups is 1. The molecule has 3 aromatic heterocycles. The Morgan fingerprint density at radius 1 is 1.15 bits per heavy atom. The van der Waals surface area contributed by atoms with Gasteiger partial charge >= 0.3 is 0 Å². The van der Waals surface area contributed by atoms with Crippen LogP contribution in [0.4, 0.5) is 10.2 Å². The summed E-state index contributed by atoms with van der Waals surface area (Å²) in [6.07, 6.45) is 6.11. The summed E-state index contributed by atoms with van der Waals surface area (Å²) in [5, 5.41) is 2.61. The van der Waals surface area contributed by atoms with E-state index in [0.717, 1.165) is 6.20 Å². The van der Waals surface area contributed by atoms with E-state index in [4.69, 9.17) is 4.74 Å². The first-order chi connectivity index (χ1) is 12.5. The molecule has 0 spiro atoms. The number of rotatable bonds is 5. The van der Waals surface area contributed by atoms with E-state index in [9.17, 15) is 9.18 Å².